The number of carbonyl (C=O) groups is 1. The summed E-state index contributed by atoms with van der Waals surface area (Å²) in [4.78, 5) is 14.4. The van der Waals surface area contributed by atoms with Crippen molar-refractivity contribution >= 4 is 5.91 Å². The van der Waals surface area contributed by atoms with E-state index in [0.717, 1.165) is 31.7 Å². The van der Waals surface area contributed by atoms with Crippen molar-refractivity contribution in [1.29, 1.82) is 0 Å². The molecule has 0 unspecified atom stereocenters. The van der Waals surface area contributed by atoms with Crippen molar-refractivity contribution in [3.63, 3.8) is 0 Å². The van der Waals surface area contributed by atoms with E-state index in [1.807, 2.05) is 30.0 Å². The molecule has 0 saturated carbocycles. The molecule has 1 heterocycles. The van der Waals surface area contributed by atoms with E-state index in [4.69, 9.17) is 4.74 Å². The van der Waals surface area contributed by atoms with Gasteiger partial charge in [-0.2, -0.15) is 0 Å². The van der Waals surface area contributed by atoms with Crippen molar-refractivity contribution < 1.29 is 9.53 Å². The van der Waals surface area contributed by atoms with Gasteiger partial charge in [-0.15, -0.1) is 0 Å². The smallest absolute Gasteiger partial charge is 0.263 e. The number of benzene rings is 1. The number of amides is 1. The van der Waals surface area contributed by atoms with Gasteiger partial charge >= 0.3 is 0 Å². The van der Waals surface area contributed by atoms with Gasteiger partial charge in [0, 0.05) is 13.1 Å². The predicted octanol–water partition coefficient (Wildman–Crippen LogP) is 3.47. The first kappa shape index (κ1) is 14.9. The van der Waals surface area contributed by atoms with Crippen LogP contribution in [0, 0.1) is 13.8 Å². The lowest BCUT2D eigenvalue weighted by molar-refractivity contribution is -0.137. The highest BCUT2D eigenvalue weighted by Crippen LogP contribution is 2.19. The zero-order valence-electron chi connectivity index (χ0n) is 12.8. The van der Waals surface area contributed by atoms with Crippen molar-refractivity contribution in [1.82, 2.24) is 4.90 Å². The highest BCUT2D eigenvalue weighted by atomic mass is 16.5. The fourth-order valence-corrected chi connectivity index (χ4v) is 2.59. The second-order valence-corrected chi connectivity index (χ2v) is 5.75. The first-order chi connectivity index (χ1) is 9.58. The van der Waals surface area contributed by atoms with E-state index in [-0.39, 0.29) is 5.91 Å². The minimum Gasteiger partial charge on any atom is -0.481 e. The van der Waals surface area contributed by atoms with E-state index in [2.05, 4.69) is 13.8 Å². The van der Waals surface area contributed by atoms with Gasteiger partial charge in [-0.05, 0) is 56.9 Å². The molecular formula is C17H25NO2. The first-order valence-corrected chi connectivity index (χ1v) is 7.60. The van der Waals surface area contributed by atoms with Crippen LogP contribution in [0.1, 0.15) is 43.7 Å². The van der Waals surface area contributed by atoms with Crippen LogP contribution in [0.25, 0.3) is 0 Å². The fraction of sp³-hybridized carbons (Fsp3) is 0.588. The van der Waals surface area contributed by atoms with Gasteiger partial charge in [0.2, 0.25) is 0 Å². The van der Waals surface area contributed by atoms with Crippen LogP contribution < -0.4 is 4.74 Å². The Morgan fingerprint density at radius 2 is 1.75 bits per heavy atom. The van der Waals surface area contributed by atoms with E-state index < -0.39 is 6.10 Å². The minimum atomic E-state index is -0.407. The van der Waals surface area contributed by atoms with E-state index in [0.29, 0.717) is 0 Å². The number of carbonyl (C=O) groups excluding carboxylic acids is 1. The van der Waals surface area contributed by atoms with Crippen molar-refractivity contribution in [3.05, 3.63) is 29.3 Å². The normalized spacial score (nSPS) is 17.4. The van der Waals surface area contributed by atoms with Crippen LogP contribution >= 0.6 is 0 Å². The highest BCUT2D eigenvalue weighted by molar-refractivity contribution is 5.80. The Hall–Kier alpha value is -1.51. The average molecular weight is 275 g/mol. The maximum absolute atomic E-state index is 12.4. The summed E-state index contributed by atoms with van der Waals surface area (Å²) >= 11 is 0. The van der Waals surface area contributed by atoms with Crippen molar-refractivity contribution in [2.75, 3.05) is 13.1 Å². The summed E-state index contributed by atoms with van der Waals surface area (Å²) in [5.41, 5.74) is 2.43. The van der Waals surface area contributed by atoms with Crippen LogP contribution in [0.4, 0.5) is 0 Å². The largest absolute Gasteiger partial charge is 0.481 e. The molecular weight excluding hydrogens is 250 g/mol. The predicted molar refractivity (Wildman–Crippen MR) is 81.1 cm³/mol. The molecule has 1 aliphatic rings. The Balaban J connectivity index is 1.97. The number of hydrogen-bond donors (Lipinski definition) is 0. The number of ether oxygens (including phenoxy) is 1. The third kappa shape index (κ3) is 3.75. The van der Waals surface area contributed by atoms with Crippen LogP contribution in [0.5, 0.6) is 5.75 Å². The second kappa shape index (κ2) is 6.78. The molecule has 0 aromatic heterocycles. The van der Waals surface area contributed by atoms with Crippen molar-refractivity contribution in [3.8, 4) is 5.75 Å². The molecule has 0 N–H and O–H groups in total. The third-order valence-electron chi connectivity index (χ3n) is 4.06. The SMILES string of the molecule is Cc1ccc(O[C@@H](C)C(=O)N2CCCCCC2)cc1C. The first-order valence-electron chi connectivity index (χ1n) is 7.60. The van der Waals surface area contributed by atoms with Gasteiger partial charge in [0.15, 0.2) is 6.10 Å². The quantitative estimate of drug-likeness (QED) is 0.845. The highest BCUT2D eigenvalue weighted by Gasteiger charge is 2.22. The van der Waals surface area contributed by atoms with Gasteiger partial charge in [0.25, 0.3) is 5.91 Å². The summed E-state index contributed by atoms with van der Waals surface area (Å²) < 4.78 is 5.81. The number of likely N-dealkylation sites (tertiary alicyclic amines) is 1. The van der Waals surface area contributed by atoms with Gasteiger partial charge in [0.05, 0.1) is 0 Å². The third-order valence-corrected chi connectivity index (χ3v) is 4.06. The maximum Gasteiger partial charge on any atom is 0.263 e. The zero-order chi connectivity index (χ0) is 14.5. The molecule has 0 radical (unpaired) electrons. The molecule has 1 fully saturated rings. The molecule has 20 heavy (non-hydrogen) atoms. The molecule has 1 atom stereocenters. The number of hydrogen-bond acceptors (Lipinski definition) is 2. The lowest BCUT2D eigenvalue weighted by Gasteiger charge is -2.24. The van der Waals surface area contributed by atoms with Crippen LogP contribution in [0.15, 0.2) is 18.2 Å². The van der Waals surface area contributed by atoms with Crippen LogP contribution in [0.3, 0.4) is 0 Å². The Morgan fingerprint density at radius 1 is 1.10 bits per heavy atom. The topological polar surface area (TPSA) is 29.5 Å². The summed E-state index contributed by atoms with van der Waals surface area (Å²) in [6, 6.07) is 5.98. The Kier molecular flexibility index (Phi) is 5.05. The van der Waals surface area contributed by atoms with Gasteiger partial charge in [-0.1, -0.05) is 18.9 Å². The summed E-state index contributed by atoms with van der Waals surface area (Å²) in [5, 5.41) is 0. The van der Waals surface area contributed by atoms with Crippen LogP contribution in [-0.4, -0.2) is 30.0 Å². The van der Waals surface area contributed by atoms with Gasteiger partial charge in [-0.25, -0.2) is 0 Å². The number of nitrogens with zero attached hydrogens (tertiary/aromatic N) is 1. The Bertz CT molecular complexity index is 462. The van der Waals surface area contributed by atoms with E-state index in [9.17, 15) is 4.79 Å². The minimum absolute atomic E-state index is 0.116. The van der Waals surface area contributed by atoms with E-state index in [1.54, 1.807) is 0 Å². The molecule has 2 rings (SSSR count). The van der Waals surface area contributed by atoms with E-state index >= 15 is 0 Å². The summed E-state index contributed by atoms with van der Waals surface area (Å²) in [5.74, 6) is 0.897. The number of rotatable bonds is 3. The Labute approximate surface area is 121 Å². The van der Waals surface area contributed by atoms with Gasteiger partial charge in [-0.3, -0.25) is 4.79 Å². The molecule has 1 aromatic rings. The summed E-state index contributed by atoms with van der Waals surface area (Å²) in [6.07, 6.45) is 4.28. The van der Waals surface area contributed by atoms with Gasteiger partial charge in [0.1, 0.15) is 5.75 Å². The summed E-state index contributed by atoms with van der Waals surface area (Å²) in [6.45, 7) is 7.73. The second-order valence-electron chi connectivity index (χ2n) is 5.75. The molecule has 0 bridgehead atoms. The molecule has 1 aliphatic heterocycles. The standard InChI is InChI=1S/C17H25NO2/c1-13-8-9-16(12-14(13)2)20-15(3)17(19)18-10-6-4-5-7-11-18/h8-9,12,15H,4-7,10-11H2,1-3H3/t15-/m0/s1. The monoisotopic (exact) mass is 275 g/mol. The van der Waals surface area contributed by atoms with Crippen LogP contribution in [-0.2, 0) is 4.79 Å². The average Bonchev–Trinajstić information content (AvgIpc) is 2.71. The molecule has 1 amide bonds. The van der Waals surface area contributed by atoms with Crippen molar-refractivity contribution in [2.24, 2.45) is 0 Å². The molecule has 3 nitrogen and oxygen atoms in total. The summed E-state index contributed by atoms with van der Waals surface area (Å²) in [7, 11) is 0. The zero-order valence-corrected chi connectivity index (χ0v) is 12.8. The molecule has 1 aromatic carbocycles. The molecule has 110 valence electrons. The molecule has 0 spiro atoms. The number of aryl methyl sites for hydroxylation is 2. The molecule has 1 saturated heterocycles. The lowest BCUT2D eigenvalue weighted by Crippen LogP contribution is -2.41. The Morgan fingerprint density at radius 3 is 2.35 bits per heavy atom. The fourth-order valence-electron chi connectivity index (χ4n) is 2.59. The molecule has 3 heteroatoms. The van der Waals surface area contributed by atoms with Crippen molar-refractivity contribution in [2.45, 2.75) is 52.6 Å². The molecule has 0 aliphatic carbocycles. The van der Waals surface area contributed by atoms with Crippen LogP contribution in [0.2, 0.25) is 0 Å². The van der Waals surface area contributed by atoms with E-state index in [1.165, 1.54) is 24.0 Å². The van der Waals surface area contributed by atoms with Gasteiger partial charge < -0.3 is 9.64 Å². The maximum atomic E-state index is 12.4. The lowest BCUT2D eigenvalue weighted by atomic mass is 10.1.